The van der Waals surface area contributed by atoms with Crippen molar-refractivity contribution in [2.45, 2.75) is 6.61 Å². The van der Waals surface area contributed by atoms with Gasteiger partial charge in [-0.25, -0.2) is 14.8 Å². The molecule has 3 rings (SSSR count). The first kappa shape index (κ1) is 17.4. The molecule has 6 nitrogen and oxygen atoms in total. The molecular weight excluding hydrogens is 354 g/mol. The number of carboxylic acids is 1. The molecule has 128 valence electrons. The summed E-state index contributed by atoms with van der Waals surface area (Å²) in [6.45, 7) is 0.263. The van der Waals surface area contributed by atoms with E-state index < -0.39 is 5.97 Å². The number of aromatic nitrogens is 2. The van der Waals surface area contributed by atoms with Gasteiger partial charge >= 0.3 is 5.97 Å². The molecule has 0 aliphatic heterocycles. The summed E-state index contributed by atoms with van der Waals surface area (Å²) in [6, 6.07) is 15.5. The SMILES string of the molecule is N#Cc1cc(-c2nccc(C(=O)O)n2)ccc1OCc1cccc(Cl)c1. The van der Waals surface area contributed by atoms with E-state index in [0.29, 0.717) is 21.9 Å². The van der Waals surface area contributed by atoms with Gasteiger partial charge in [-0.05, 0) is 42.0 Å². The number of hydrogen-bond donors (Lipinski definition) is 1. The van der Waals surface area contributed by atoms with Gasteiger partial charge in [-0.1, -0.05) is 23.7 Å². The molecule has 0 radical (unpaired) electrons. The molecule has 0 atom stereocenters. The van der Waals surface area contributed by atoms with Crippen LogP contribution in [0.5, 0.6) is 5.75 Å². The van der Waals surface area contributed by atoms with Crippen molar-refractivity contribution in [3.8, 4) is 23.2 Å². The second kappa shape index (κ2) is 7.64. The van der Waals surface area contributed by atoms with Crippen LogP contribution in [0.15, 0.2) is 54.7 Å². The smallest absolute Gasteiger partial charge is 0.354 e. The molecule has 0 spiro atoms. The van der Waals surface area contributed by atoms with Gasteiger partial charge in [-0.15, -0.1) is 0 Å². The maximum absolute atomic E-state index is 11.0. The quantitative estimate of drug-likeness (QED) is 0.735. The van der Waals surface area contributed by atoms with Crippen LogP contribution in [0.25, 0.3) is 11.4 Å². The highest BCUT2D eigenvalue weighted by Crippen LogP contribution is 2.25. The molecule has 1 heterocycles. The van der Waals surface area contributed by atoms with Crippen molar-refractivity contribution in [1.82, 2.24) is 9.97 Å². The van der Waals surface area contributed by atoms with Crippen LogP contribution in [0.2, 0.25) is 5.02 Å². The molecule has 0 saturated heterocycles. The monoisotopic (exact) mass is 365 g/mol. The zero-order chi connectivity index (χ0) is 18.5. The molecule has 0 aliphatic carbocycles. The number of nitrogens with zero attached hydrogens (tertiary/aromatic N) is 3. The van der Waals surface area contributed by atoms with Gasteiger partial charge in [0.1, 0.15) is 18.4 Å². The lowest BCUT2D eigenvalue weighted by atomic mass is 10.1. The van der Waals surface area contributed by atoms with Crippen molar-refractivity contribution < 1.29 is 14.6 Å². The maximum Gasteiger partial charge on any atom is 0.354 e. The molecule has 0 unspecified atom stereocenters. The minimum absolute atomic E-state index is 0.116. The van der Waals surface area contributed by atoms with Gasteiger partial charge in [0, 0.05) is 16.8 Å². The van der Waals surface area contributed by atoms with E-state index in [1.54, 1.807) is 30.3 Å². The predicted molar refractivity (Wildman–Crippen MR) is 94.9 cm³/mol. The highest BCUT2D eigenvalue weighted by molar-refractivity contribution is 6.30. The van der Waals surface area contributed by atoms with Crippen molar-refractivity contribution in [1.29, 1.82) is 5.26 Å². The highest BCUT2D eigenvalue weighted by Gasteiger charge is 2.11. The molecule has 7 heteroatoms. The van der Waals surface area contributed by atoms with E-state index in [4.69, 9.17) is 21.4 Å². The Hall–Kier alpha value is -3.43. The third-order valence-electron chi connectivity index (χ3n) is 3.52. The molecular formula is C19H12ClN3O3. The summed E-state index contributed by atoms with van der Waals surface area (Å²) in [5.41, 5.74) is 1.59. The van der Waals surface area contributed by atoms with Crippen LogP contribution in [0.1, 0.15) is 21.6 Å². The lowest BCUT2D eigenvalue weighted by molar-refractivity contribution is 0.0690. The fourth-order valence-corrected chi connectivity index (χ4v) is 2.50. The zero-order valence-electron chi connectivity index (χ0n) is 13.4. The Balaban J connectivity index is 1.85. The van der Waals surface area contributed by atoms with Gasteiger partial charge in [-0.3, -0.25) is 0 Å². The first-order valence-corrected chi connectivity index (χ1v) is 7.93. The number of carbonyl (C=O) groups is 1. The topological polar surface area (TPSA) is 96.1 Å². The largest absolute Gasteiger partial charge is 0.488 e. The number of rotatable bonds is 5. The lowest BCUT2D eigenvalue weighted by Gasteiger charge is -2.09. The number of aromatic carboxylic acids is 1. The van der Waals surface area contributed by atoms with E-state index in [1.165, 1.54) is 12.3 Å². The van der Waals surface area contributed by atoms with E-state index in [2.05, 4.69) is 16.0 Å². The Morgan fingerprint density at radius 2 is 2.08 bits per heavy atom. The number of nitriles is 1. The van der Waals surface area contributed by atoms with Crippen LogP contribution >= 0.6 is 11.6 Å². The lowest BCUT2D eigenvalue weighted by Crippen LogP contribution is -2.02. The summed E-state index contributed by atoms with van der Waals surface area (Å²) in [5, 5.41) is 19.0. The van der Waals surface area contributed by atoms with E-state index in [1.807, 2.05) is 12.1 Å². The Kier molecular flexibility index (Phi) is 5.11. The molecule has 26 heavy (non-hydrogen) atoms. The van der Waals surface area contributed by atoms with Gasteiger partial charge in [-0.2, -0.15) is 5.26 Å². The highest BCUT2D eigenvalue weighted by atomic mass is 35.5. The third kappa shape index (κ3) is 3.97. The van der Waals surface area contributed by atoms with Crippen LogP contribution in [0.3, 0.4) is 0 Å². The average molecular weight is 366 g/mol. The van der Waals surface area contributed by atoms with Gasteiger partial charge in [0.15, 0.2) is 11.5 Å². The van der Waals surface area contributed by atoms with Crippen molar-refractivity contribution in [3.63, 3.8) is 0 Å². The Morgan fingerprint density at radius 3 is 2.81 bits per heavy atom. The average Bonchev–Trinajstić information content (AvgIpc) is 2.66. The molecule has 0 bridgehead atoms. The van der Waals surface area contributed by atoms with Gasteiger partial charge in [0.05, 0.1) is 5.56 Å². The number of carboxylic acid groups (broad SMARTS) is 1. The van der Waals surface area contributed by atoms with Crippen molar-refractivity contribution >= 4 is 17.6 Å². The normalized spacial score (nSPS) is 10.2. The summed E-state index contributed by atoms with van der Waals surface area (Å²) >= 11 is 5.95. The van der Waals surface area contributed by atoms with Gasteiger partial charge in [0.25, 0.3) is 0 Å². The Morgan fingerprint density at radius 1 is 1.23 bits per heavy atom. The Bertz CT molecular complexity index is 1010. The third-order valence-corrected chi connectivity index (χ3v) is 3.75. The van der Waals surface area contributed by atoms with Crippen LogP contribution < -0.4 is 4.74 Å². The summed E-state index contributed by atoms with van der Waals surface area (Å²) in [5.74, 6) is -0.510. The Labute approximate surface area is 154 Å². The van der Waals surface area contributed by atoms with Gasteiger partial charge in [0.2, 0.25) is 0 Å². The second-order valence-corrected chi connectivity index (χ2v) is 5.75. The maximum atomic E-state index is 11.0. The second-order valence-electron chi connectivity index (χ2n) is 5.31. The first-order chi connectivity index (χ1) is 12.6. The summed E-state index contributed by atoms with van der Waals surface area (Å²) < 4.78 is 5.71. The van der Waals surface area contributed by atoms with Crippen LogP contribution in [-0.4, -0.2) is 21.0 Å². The standard InChI is InChI=1S/C19H12ClN3O3/c20-15-3-1-2-12(8-15)11-26-17-5-4-13(9-14(17)10-21)18-22-7-6-16(23-18)19(24)25/h1-9H,11H2,(H,24,25). The number of ether oxygens (including phenoxy) is 1. The van der Waals surface area contributed by atoms with E-state index in [0.717, 1.165) is 5.56 Å². The minimum atomic E-state index is -1.14. The van der Waals surface area contributed by atoms with Crippen LogP contribution in [0, 0.1) is 11.3 Å². The van der Waals surface area contributed by atoms with Crippen molar-refractivity contribution in [2.75, 3.05) is 0 Å². The predicted octanol–water partition coefficient (Wildman–Crippen LogP) is 3.95. The van der Waals surface area contributed by atoms with Crippen molar-refractivity contribution in [3.05, 3.63) is 76.6 Å². The van der Waals surface area contributed by atoms with Gasteiger partial charge < -0.3 is 9.84 Å². The first-order valence-electron chi connectivity index (χ1n) is 7.55. The number of hydrogen-bond acceptors (Lipinski definition) is 5. The fraction of sp³-hybridized carbons (Fsp3) is 0.0526. The van der Waals surface area contributed by atoms with Crippen molar-refractivity contribution in [2.24, 2.45) is 0 Å². The molecule has 0 amide bonds. The molecule has 0 saturated carbocycles. The molecule has 2 aromatic carbocycles. The molecule has 0 fully saturated rings. The summed E-state index contributed by atoms with van der Waals surface area (Å²) in [6.07, 6.45) is 1.36. The zero-order valence-corrected chi connectivity index (χ0v) is 14.1. The van der Waals surface area contributed by atoms with Crippen LogP contribution in [0.4, 0.5) is 0 Å². The van der Waals surface area contributed by atoms with E-state index in [-0.39, 0.29) is 18.1 Å². The van der Waals surface area contributed by atoms with E-state index >= 15 is 0 Å². The van der Waals surface area contributed by atoms with Crippen LogP contribution in [-0.2, 0) is 6.61 Å². The summed E-state index contributed by atoms with van der Waals surface area (Å²) in [4.78, 5) is 19.1. The fourth-order valence-electron chi connectivity index (χ4n) is 2.29. The molecule has 1 N–H and O–H groups in total. The molecule has 0 aliphatic rings. The number of benzene rings is 2. The molecule has 1 aromatic heterocycles. The summed E-state index contributed by atoms with van der Waals surface area (Å²) in [7, 11) is 0. The molecule has 3 aromatic rings. The minimum Gasteiger partial charge on any atom is -0.488 e. The number of halogens is 1. The van der Waals surface area contributed by atoms with E-state index in [9.17, 15) is 10.1 Å².